The number of allylic oxidation sites excluding steroid dienone is 1. The molecule has 0 bridgehead atoms. The zero-order valence-corrected chi connectivity index (χ0v) is 32.7. The van der Waals surface area contributed by atoms with E-state index in [4.69, 9.17) is 33.2 Å². The van der Waals surface area contributed by atoms with Crippen molar-refractivity contribution in [2.24, 2.45) is 46.3 Å². The van der Waals surface area contributed by atoms with Crippen molar-refractivity contribution in [3.8, 4) is 0 Å². The van der Waals surface area contributed by atoms with Crippen molar-refractivity contribution in [1.29, 1.82) is 0 Å². The minimum Gasteiger partial charge on any atom is -0.457 e. The number of carbonyl (C=O) groups excluding carboxylic acids is 1. The van der Waals surface area contributed by atoms with Crippen LogP contribution in [0.3, 0.4) is 0 Å². The Labute approximate surface area is 319 Å². The number of carbonyl (C=O) groups is 1. The third-order valence-electron chi connectivity index (χ3n) is 15.8. The van der Waals surface area contributed by atoms with Gasteiger partial charge in [0.2, 0.25) is 0 Å². The molecule has 7 fully saturated rings. The molecular weight excluding hydrogens is 700 g/mol. The quantitative estimate of drug-likeness (QED) is 0.197. The number of fused-ring (bicyclic) bond motifs is 7. The Hall–Kier alpha value is -1.23. The highest BCUT2D eigenvalue weighted by atomic mass is 16.7. The van der Waals surface area contributed by atoms with Crippen LogP contribution in [0.4, 0.5) is 0 Å². The summed E-state index contributed by atoms with van der Waals surface area (Å²) in [6, 6.07) is 0. The van der Waals surface area contributed by atoms with Gasteiger partial charge in [0.25, 0.3) is 0 Å². The van der Waals surface area contributed by atoms with Crippen LogP contribution in [-0.4, -0.2) is 124 Å². The van der Waals surface area contributed by atoms with E-state index in [1.165, 1.54) is 31.8 Å². The number of aliphatic hydroxyl groups excluding tert-OH is 5. The Bertz CT molecular complexity index is 1410. The molecule has 3 saturated carbocycles. The van der Waals surface area contributed by atoms with Crippen molar-refractivity contribution in [1.82, 2.24) is 0 Å². The minimum absolute atomic E-state index is 0.0627. The zero-order chi connectivity index (χ0) is 38.5. The van der Waals surface area contributed by atoms with Crippen LogP contribution in [0.2, 0.25) is 0 Å². The summed E-state index contributed by atoms with van der Waals surface area (Å²) in [5, 5.41) is 54.0. The lowest BCUT2D eigenvalue weighted by atomic mass is 9.47. The summed E-state index contributed by atoms with van der Waals surface area (Å²) in [6.07, 6.45) is -1.64. The number of aliphatic hydroxyl groups is 5. The Morgan fingerprint density at radius 1 is 0.889 bits per heavy atom. The second-order valence-electron chi connectivity index (χ2n) is 18.9. The first-order valence-corrected chi connectivity index (χ1v) is 20.7. The third-order valence-corrected chi connectivity index (χ3v) is 15.8. The maximum atomic E-state index is 11.5. The van der Waals surface area contributed by atoms with Gasteiger partial charge in [0.05, 0.1) is 31.5 Å². The summed E-state index contributed by atoms with van der Waals surface area (Å²) >= 11 is 0. The first-order valence-electron chi connectivity index (χ1n) is 20.7. The van der Waals surface area contributed by atoms with Crippen LogP contribution in [0, 0.1) is 46.3 Å². The van der Waals surface area contributed by atoms with Gasteiger partial charge in [-0.2, -0.15) is 0 Å². The van der Waals surface area contributed by atoms with Gasteiger partial charge >= 0.3 is 5.97 Å². The molecular formula is C41H64O13. The van der Waals surface area contributed by atoms with E-state index in [9.17, 15) is 30.3 Å². The lowest BCUT2D eigenvalue weighted by Gasteiger charge is -2.58. The second-order valence-corrected chi connectivity index (χ2v) is 18.9. The summed E-state index contributed by atoms with van der Waals surface area (Å²) in [6.45, 7) is 12.6. The minimum atomic E-state index is -1.64. The molecule has 13 nitrogen and oxygen atoms in total. The molecule has 0 aromatic carbocycles. The molecule has 0 unspecified atom stereocenters. The number of ether oxygens (including phenoxy) is 7. The van der Waals surface area contributed by atoms with Crippen molar-refractivity contribution in [2.75, 3.05) is 13.2 Å². The van der Waals surface area contributed by atoms with Crippen molar-refractivity contribution in [2.45, 2.75) is 179 Å². The number of hydrogen-bond donors (Lipinski definition) is 5. The fourth-order valence-corrected chi connectivity index (χ4v) is 12.9. The van der Waals surface area contributed by atoms with E-state index >= 15 is 0 Å². The summed E-state index contributed by atoms with van der Waals surface area (Å²) in [5.41, 5.74) is 1.71. The molecule has 8 rings (SSSR count). The Balaban J connectivity index is 0.901. The van der Waals surface area contributed by atoms with Gasteiger partial charge in [-0.1, -0.05) is 39.3 Å². The van der Waals surface area contributed by atoms with Gasteiger partial charge in [-0.3, -0.25) is 4.79 Å². The van der Waals surface area contributed by atoms with Crippen molar-refractivity contribution >= 4 is 5.97 Å². The van der Waals surface area contributed by atoms with Crippen LogP contribution >= 0.6 is 0 Å². The van der Waals surface area contributed by atoms with Crippen LogP contribution < -0.4 is 0 Å². The van der Waals surface area contributed by atoms with Gasteiger partial charge in [0.1, 0.15) is 36.6 Å². The van der Waals surface area contributed by atoms with Crippen LogP contribution in [0.25, 0.3) is 0 Å². The van der Waals surface area contributed by atoms with Crippen LogP contribution in [-0.2, 0) is 38.0 Å². The van der Waals surface area contributed by atoms with Gasteiger partial charge in [-0.05, 0) is 98.7 Å². The van der Waals surface area contributed by atoms with E-state index < -0.39 is 79.8 Å². The molecule has 0 amide bonds. The zero-order valence-electron chi connectivity index (χ0n) is 32.7. The molecule has 306 valence electrons. The molecule has 0 radical (unpaired) electrons. The van der Waals surface area contributed by atoms with Crippen molar-refractivity contribution in [3.05, 3.63) is 11.6 Å². The van der Waals surface area contributed by atoms with Gasteiger partial charge < -0.3 is 58.7 Å². The third kappa shape index (κ3) is 6.35. The smallest absolute Gasteiger partial charge is 0.303 e. The predicted octanol–water partition coefficient (Wildman–Crippen LogP) is 2.96. The molecule has 4 heterocycles. The Morgan fingerprint density at radius 2 is 1.61 bits per heavy atom. The molecule has 4 saturated heterocycles. The van der Waals surface area contributed by atoms with E-state index in [1.807, 2.05) is 0 Å². The van der Waals surface area contributed by atoms with Crippen molar-refractivity contribution in [3.63, 3.8) is 0 Å². The Morgan fingerprint density at radius 3 is 2.30 bits per heavy atom. The first-order chi connectivity index (χ1) is 25.6. The predicted molar refractivity (Wildman–Crippen MR) is 191 cm³/mol. The number of esters is 1. The monoisotopic (exact) mass is 764 g/mol. The highest BCUT2D eigenvalue weighted by Gasteiger charge is 2.69. The molecule has 8 aliphatic rings. The van der Waals surface area contributed by atoms with Gasteiger partial charge in [0.15, 0.2) is 24.5 Å². The average Bonchev–Trinajstić information content (AvgIpc) is 3.58. The Kier molecular flexibility index (Phi) is 10.7. The molecule has 4 aliphatic heterocycles. The van der Waals surface area contributed by atoms with Crippen LogP contribution in [0.15, 0.2) is 11.6 Å². The topological polar surface area (TPSA) is 183 Å². The first kappa shape index (κ1) is 39.6. The molecule has 0 aromatic rings. The summed E-state index contributed by atoms with van der Waals surface area (Å²) in [4.78, 5) is 11.5. The molecule has 13 heteroatoms. The summed E-state index contributed by atoms with van der Waals surface area (Å²) in [5.74, 6) is 2.29. The van der Waals surface area contributed by atoms with Gasteiger partial charge in [0, 0.05) is 19.3 Å². The molecule has 0 aromatic heterocycles. The fraction of sp³-hybridized carbons (Fsp3) is 0.927. The second kappa shape index (κ2) is 14.5. The van der Waals surface area contributed by atoms with E-state index in [0.29, 0.717) is 41.9 Å². The highest BCUT2D eigenvalue weighted by Crippen LogP contribution is 2.70. The lowest BCUT2D eigenvalue weighted by Crippen LogP contribution is -2.64. The van der Waals surface area contributed by atoms with Gasteiger partial charge in [-0.15, -0.1) is 0 Å². The molecule has 4 aliphatic carbocycles. The van der Waals surface area contributed by atoms with E-state index in [0.717, 1.165) is 38.7 Å². The molecule has 21 atom stereocenters. The normalized spacial score (nSPS) is 55.6. The fourth-order valence-electron chi connectivity index (χ4n) is 12.9. The largest absolute Gasteiger partial charge is 0.457 e. The number of hydrogen-bond acceptors (Lipinski definition) is 13. The van der Waals surface area contributed by atoms with Gasteiger partial charge in [-0.25, -0.2) is 0 Å². The molecule has 5 N–H and O–H groups in total. The van der Waals surface area contributed by atoms with E-state index in [1.54, 1.807) is 6.92 Å². The lowest BCUT2D eigenvalue weighted by molar-refractivity contribution is -0.360. The van der Waals surface area contributed by atoms with E-state index in [2.05, 4.69) is 33.8 Å². The average molecular weight is 765 g/mol. The van der Waals surface area contributed by atoms with Crippen LogP contribution in [0.5, 0.6) is 0 Å². The summed E-state index contributed by atoms with van der Waals surface area (Å²) in [7, 11) is 0. The SMILES string of the molecule is CC(=O)O[C@@H]1[C@@H](O)[C@@H](O)[C@H](O[C@H]2[C@H](O)[C@@H](O)[C@H](O[C@H]3CC[C@@]4(C)C(=CC[C@H]5[C@@H]6C[C@@H]7O[C@]8(CC[C@@H](C)CO8)[C@@H](C)[C@@H]7[C@@]6(C)CC[C@@H]54)C3)O[C@@H]2CO)O[C@H]1C. The molecule has 1 spiro atoms. The summed E-state index contributed by atoms with van der Waals surface area (Å²) < 4.78 is 42.5. The van der Waals surface area contributed by atoms with Crippen molar-refractivity contribution < 1.29 is 63.5 Å². The van der Waals surface area contributed by atoms with Crippen LogP contribution in [0.1, 0.15) is 99.3 Å². The van der Waals surface area contributed by atoms with E-state index in [-0.39, 0.29) is 23.0 Å². The molecule has 54 heavy (non-hydrogen) atoms. The maximum absolute atomic E-state index is 11.5. The maximum Gasteiger partial charge on any atom is 0.303 e. The standard InChI is InChI=1S/C41H64O13/c1-19-9-14-41(48-18-19)20(2)30-28(54-41)16-27-25-8-7-23-15-24(10-12-39(23,5)26(25)11-13-40(27,30)6)51-38-34(47)32(45)36(29(17-42)52-38)53-37-33(46)31(44)35(21(3)49-37)50-22(4)43/h7,19-21,24-38,42,44-47H,8-18H2,1-6H3/t19-,20+,21+,24+,25-,26+,27+,28+,29-,30+,31+,32-,33-,34-,35+,36-,37+,38-,39+,40+,41-/m1/s1. The highest BCUT2D eigenvalue weighted by molar-refractivity contribution is 5.66. The number of rotatable bonds is 6.